The molecule has 0 amide bonds. The molecule has 8 nitrogen and oxygen atoms in total. The largest absolute Gasteiger partial charge is 0.490 e. The molecule has 0 aliphatic heterocycles. The van der Waals surface area contributed by atoms with E-state index in [2.05, 4.69) is 37.6 Å². The van der Waals surface area contributed by atoms with Crippen LogP contribution in [0.3, 0.4) is 0 Å². The lowest BCUT2D eigenvalue weighted by molar-refractivity contribution is 0.241. The number of H-pyrrole nitrogens is 1. The van der Waals surface area contributed by atoms with Gasteiger partial charge in [-0.3, -0.25) is 0 Å². The third kappa shape index (κ3) is 4.23. The number of nitrogens with zero attached hydrogens (tertiary/aromatic N) is 4. The molecule has 1 aliphatic rings. The minimum atomic E-state index is -0.0180. The highest BCUT2D eigenvalue weighted by Crippen LogP contribution is 2.37. The molecule has 2 aromatic heterocycles. The van der Waals surface area contributed by atoms with E-state index >= 15 is 0 Å². The third-order valence-corrected chi connectivity index (χ3v) is 5.72. The number of aromatic nitrogens is 4. The first kappa shape index (κ1) is 20.9. The summed E-state index contributed by atoms with van der Waals surface area (Å²) >= 11 is 0. The zero-order valence-electron chi connectivity index (χ0n) is 18.5. The number of rotatable bonds is 7. The Morgan fingerprint density at radius 1 is 1.30 bits per heavy atom. The van der Waals surface area contributed by atoms with Crippen LogP contribution in [0.4, 0.5) is 0 Å². The quantitative estimate of drug-likeness (QED) is 0.433. The van der Waals surface area contributed by atoms with Crippen LogP contribution in [-0.2, 0) is 13.0 Å². The molecule has 0 saturated carbocycles. The van der Waals surface area contributed by atoms with Gasteiger partial charge in [0.1, 0.15) is 17.6 Å². The van der Waals surface area contributed by atoms with Crippen molar-refractivity contribution in [3.63, 3.8) is 0 Å². The second-order valence-corrected chi connectivity index (χ2v) is 8.29. The number of hydrogen-bond donors (Lipinski definition) is 2. The van der Waals surface area contributed by atoms with E-state index in [1.54, 1.807) is 18.3 Å². The molecule has 166 valence electrons. The molecule has 8 heteroatoms. The van der Waals surface area contributed by atoms with Gasteiger partial charge in [0.2, 0.25) is 5.82 Å². The number of hydrogen-bond acceptors (Lipinski definition) is 7. The normalized spacial score (nSPS) is 14.9. The second kappa shape index (κ2) is 8.88. The van der Waals surface area contributed by atoms with E-state index in [1.165, 1.54) is 11.1 Å². The third-order valence-electron chi connectivity index (χ3n) is 5.72. The molecule has 4 aromatic rings. The number of ether oxygens (including phenoxy) is 1. The summed E-state index contributed by atoms with van der Waals surface area (Å²) in [5.41, 5.74) is 4.59. The molecule has 1 atom stereocenters. The molecule has 0 unspecified atom stereocenters. The molecule has 2 aromatic carbocycles. The van der Waals surface area contributed by atoms with Crippen molar-refractivity contribution >= 4 is 0 Å². The van der Waals surface area contributed by atoms with Crippen molar-refractivity contribution in [2.24, 2.45) is 0 Å². The van der Waals surface area contributed by atoms with Gasteiger partial charge in [0.15, 0.2) is 0 Å². The maximum Gasteiger partial charge on any atom is 0.258 e. The highest BCUT2D eigenvalue weighted by Gasteiger charge is 2.26. The Kier molecular flexibility index (Phi) is 5.63. The van der Waals surface area contributed by atoms with Crippen molar-refractivity contribution in [1.29, 1.82) is 5.26 Å². The monoisotopic (exact) mass is 440 g/mol. The van der Waals surface area contributed by atoms with E-state index in [4.69, 9.17) is 9.26 Å². The van der Waals surface area contributed by atoms with Gasteiger partial charge in [-0.25, -0.2) is 4.98 Å². The summed E-state index contributed by atoms with van der Waals surface area (Å²) < 4.78 is 11.3. The summed E-state index contributed by atoms with van der Waals surface area (Å²) in [5.74, 6) is 2.39. The van der Waals surface area contributed by atoms with Crippen molar-refractivity contribution in [3.8, 4) is 34.7 Å². The predicted molar refractivity (Wildman–Crippen MR) is 122 cm³/mol. The first-order chi connectivity index (χ1) is 16.1. The smallest absolute Gasteiger partial charge is 0.258 e. The fraction of sp³-hybridized carbons (Fsp3) is 0.280. The van der Waals surface area contributed by atoms with Gasteiger partial charge in [-0.15, -0.1) is 0 Å². The number of fused-ring (bicyclic) bond motifs is 1. The molecule has 2 heterocycles. The van der Waals surface area contributed by atoms with Crippen molar-refractivity contribution in [2.45, 2.75) is 45.4 Å². The van der Waals surface area contributed by atoms with E-state index < -0.39 is 0 Å². The molecule has 0 radical (unpaired) electrons. The van der Waals surface area contributed by atoms with E-state index in [0.29, 0.717) is 35.1 Å². The standard InChI is InChI=1S/C25H24N6O2/c1-15(2)32-22-9-6-16(12-17(22)13-26)25-30-24(31-33-25)20-5-3-4-19-18(20)7-8-21(19)29-14-23-27-10-11-28-23/h3-6,9-12,15,21,29H,7-8,14H2,1-2H3,(H,27,28)/t21-/m0/s1. The zero-order chi connectivity index (χ0) is 22.8. The molecular formula is C25H24N6O2. The van der Waals surface area contributed by atoms with Crippen LogP contribution >= 0.6 is 0 Å². The van der Waals surface area contributed by atoms with Gasteiger partial charge in [-0.05, 0) is 56.0 Å². The van der Waals surface area contributed by atoms with Crippen molar-refractivity contribution in [1.82, 2.24) is 25.4 Å². The van der Waals surface area contributed by atoms with Crippen LogP contribution < -0.4 is 10.1 Å². The molecule has 0 spiro atoms. The average Bonchev–Trinajstić information content (AvgIpc) is 3.58. The number of aromatic amines is 1. The molecule has 1 aliphatic carbocycles. The minimum Gasteiger partial charge on any atom is -0.490 e. The van der Waals surface area contributed by atoms with Crippen molar-refractivity contribution in [3.05, 3.63) is 71.3 Å². The van der Waals surface area contributed by atoms with E-state index in [-0.39, 0.29) is 12.1 Å². The van der Waals surface area contributed by atoms with Gasteiger partial charge in [-0.2, -0.15) is 10.2 Å². The Morgan fingerprint density at radius 3 is 3.00 bits per heavy atom. The van der Waals surface area contributed by atoms with Crippen LogP contribution in [0.15, 0.2) is 53.3 Å². The highest BCUT2D eigenvalue weighted by molar-refractivity contribution is 5.67. The van der Waals surface area contributed by atoms with Gasteiger partial charge in [0.05, 0.1) is 18.2 Å². The fourth-order valence-corrected chi connectivity index (χ4v) is 4.25. The Morgan fingerprint density at radius 2 is 2.21 bits per heavy atom. The highest BCUT2D eigenvalue weighted by atomic mass is 16.5. The molecule has 5 rings (SSSR count). The molecular weight excluding hydrogens is 416 g/mol. The van der Waals surface area contributed by atoms with Crippen molar-refractivity contribution in [2.75, 3.05) is 0 Å². The number of nitriles is 1. The summed E-state index contributed by atoms with van der Waals surface area (Å²) in [5, 5.41) is 17.3. The van der Waals surface area contributed by atoms with E-state index in [1.807, 2.05) is 38.2 Å². The fourth-order valence-electron chi connectivity index (χ4n) is 4.25. The topological polar surface area (TPSA) is 113 Å². The SMILES string of the molecule is CC(C)Oc1ccc(-c2nc(-c3cccc4c3CC[C@@H]4NCc3ncc[nH]3)no2)cc1C#N. The van der Waals surface area contributed by atoms with Crippen LogP contribution in [0.1, 0.15) is 48.8 Å². The Labute approximate surface area is 191 Å². The average molecular weight is 441 g/mol. The number of benzene rings is 2. The Hall–Kier alpha value is -3.96. The summed E-state index contributed by atoms with van der Waals surface area (Å²) in [4.78, 5) is 12.1. The van der Waals surface area contributed by atoms with Crippen LogP contribution in [0.2, 0.25) is 0 Å². The van der Waals surface area contributed by atoms with E-state index in [0.717, 1.165) is 24.2 Å². The Bertz CT molecular complexity index is 1300. The first-order valence-corrected chi connectivity index (χ1v) is 11.0. The summed E-state index contributed by atoms with van der Waals surface area (Å²) in [7, 11) is 0. The zero-order valence-corrected chi connectivity index (χ0v) is 18.5. The van der Waals surface area contributed by atoms with Gasteiger partial charge in [-0.1, -0.05) is 23.4 Å². The van der Waals surface area contributed by atoms with Crippen molar-refractivity contribution < 1.29 is 9.26 Å². The lowest BCUT2D eigenvalue weighted by atomic mass is 10.0. The van der Waals surface area contributed by atoms with Crippen LogP contribution in [0, 0.1) is 11.3 Å². The van der Waals surface area contributed by atoms with E-state index in [9.17, 15) is 5.26 Å². The minimum absolute atomic E-state index is 0.0180. The number of nitrogens with one attached hydrogen (secondary N) is 2. The predicted octanol–water partition coefficient (Wildman–Crippen LogP) is 4.56. The Balaban J connectivity index is 1.39. The van der Waals surface area contributed by atoms with Gasteiger partial charge in [0.25, 0.3) is 5.89 Å². The van der Waals surface area contributed by atoms with Gasteiger partial charge < -0.3 is 19.6 Å². The number of imidazole rings is 1. The molecule has 33 heavy (non-hydrogen) atoms. The van der Waals surface area contributed by atoms with Crippen LogP contribution in [0.25, 0.3) is 22.8 Å². The van der Waals surface area contributed by atoms with Gasteiger partial charge >= 0.3 is 0 Å². The summed E-state index contributed by atoms with van der Waals surface area (Å²) in [6.07, 6.45) is 5.51. The lowest BCUT2D eigenvalue weighted by Crippen LogP contribution is -2.19. The molecule has 2 N–H and O–H groups in total. The molecule has 0 saturated heterocycles. The molecule has 0 fully saturated rings. The van der Waals surface area contributed by atoms with Gasteiger partial charge in [0, 0.05) is 29.6 Å². The maximum absolute atomic E-state index is 9.51. The summed E-state index contributed by atoms with van der Waals surface area (Å²) in [6.45, 7) is 4.54. The first-order valence-electron chi connectivity index (χ1n) is 11.0. The van der Waals surface area contributed by atoms with Crippen LogP contribution in [0.5, 0.6) is 5.75 Å². The van der Waals surface area contributed by atoms with Crippen LogP contribution in [-0.4, -0.2) is 26.2 Å². The maximum atomic E-state index is 9.51. The summed E-state index contributed by atoms with van der Waals surface area (Å²) in [6, 6.07) is 14.0. The lowest BCUT2D eigenvalue weighted by Gasteiger charge is -2.13. The second-order valence-electron chi connectivity index (χ2n) is 8.29. The molecule has 0 bridgehead atoms.